The van der Waals surface area contributed by atoms with E-state index in [0.29, 0.717) is 24.1 Å². The molecule has 1 aliphatic rings. The van der Waals surface area contributed by atoms with Crippen molar-refractivity contribution in [1.29, 1.82) is 0 Å². The van der Waals surface area contributed by atoms with Crippen LogP contribution in [0, 0.1) is 5.82 Å². The van der Waals surface area contributed by atoms with E-state index in [-0.39, 0.29) is 29.4 Å². The third-order valence-corrected chi connectivity index (χ3v) is 9.68. The second-order valence-electron chi connectivity index (χ2n) is 11.1. The zero-order valence-corrected chi connectivity index (χ0v) is 25.7. The Morgan fingerprint density at radius 3 is 2.40 bits per heavy atom. The first-order valence-corrected chi connectivity index (χ1v) is 15.9. The predicted octanol–water partition coefficient (Wildman–Crippen LogP) is 5.51. The molecular formula is C32H40FN3O5S. The highest BCUT2D eigenvalue weighted by molar-refractivity contribution is 7.89. The Labute approximate surface area is 248 Å². The third kappa shape index (κ3) is 6.35. The number of ether oxygens (including phenoxy) is 1. The third-order valence-electron chi connectivity index (χ3n) is 7.78. The minimum atomic E-state index is -4.07. The van der Waals surface area contributed by atoms with Crippen molar-refractivity contribution in [1.82, 2.24) is 14.2 Å². The van der Waals surface area contributed by atoms with E-state index in [1.807, 2.05) is 13.8 Å². The fourth-order valence-corrected chi connectivity index (χ4v) is 6.80. The zero-order chi connectivity index (χ0) is 30.7. The van der Waals surface area contributed by atoms with Gasteiger partial charge in [-0.2, -0.15) is 4.31 Å². The number of sulfonamides is 1. The molecule has 1 aliphatic heterocycles. The van der Waals surface area contributed by atoms with Crippen LogP contribution in [0.1, 0.15) is 80.6 Å². The minimum absolute atomic E-state index is 0.0550. The molecule has 2 atom stereocenters. The maximum absolute atomic E-state index is 14.4. The molecule has 0 radical (unpaired) electrons. The second-order valence-corrected chi connectivity index (χ2v) is 13.0. The van der Waals surface area contributed by atoms with E-state index >= 15 is 0 Å². The number of carbonyl (C=O) groups excluding carboxylic acids is 1. The minimum Gasteiger partial charge on any atom is -0.469 e. The Morgan fingerprint density at radius 1 is 1.10 bits per heavy atom. The number of halogens is 1. The van der Waals surface area contributed by atoms with Crippen LogP contribution in [0.3, 0.4) is 0 Å². The molecule has 0 unspecified atom stereocenters. The van der Waals surface area contributed by atoms with Crippen LogP contribution in [0.25, 0.3) is 0 Å². The lowest BCUT2D eigenvalue weighted by Gasteiger charge is -2.45. The van der Waals surface area contributed by atoms with E-state index < -0.39 is 39.5 Å². The molecular weight excluding hydrogens is 557 g/mol. The molecule has 42 heavy (non-hydrogen) atoms. The zero-order valence-electron chi connectivity index (χ0n) is 24.9. The summed E-state index contributed by atoms with van der Waals surface area (Å²) >= 11 is 0. The molecule has 10 heteroatoms. The van der Waals surface area contributed by atoms with Crippen LogP contribution >= 0.6 is 0 Å². The van der Waals surface area contributed by atoms with E-state index in [2.05, 4.69) is 4.98 Å². The van der Waals surface area contributed by atoms with Crippen molar-refractivity contribution in [3.63, 3.8) is 0 Å². The average molecular weight is 598 g/mol. The number of pyridine rings is 1. The van der Waals surface area contributed by atoms with Gasteiger partial charge in [0.1, 0.15) is 17.5 Å². The van der Waals surface area contributed by atoms with Gasteiger partial charge in [0.15, 0.2) is 0 Å². The standard InChI is InChI=1S/C32H40FN3O5S/c1-6-9-18-36(42(39,40)25-16-14-22(7-2)15-17-25)28-26-19-24(20-34-30(26)41-32(4,5)29(28)37)31(38)35(8-3)21-23-12-10-11-13-27(23)33/h10-17,19-20,28-29,37H,6-9,18,21H2,1-5H3/t28-,29+/m1/s1. The number of carbonyl (C=O) groups is 1. The summed E-state index contributed by atoms with van der Waals surface area (Å²) in [4.78, 5) is 19.7. The average Bonchev–Trinajstić information content (AvgIpc) is 2.98. The van der Waals surface area contributed by atoms with E-state index in [4.69, 9.17) is 4.74 Å². The summed E-state index contributed by atoms with van der Waals surface area (Å²) in [5, 5.41) is 11.6. The molecule has 1 amide bonds. The molecule has 0 saturated heterocycles. The number of rotatable bonds is 11. The first-order chi connectivity index (χ1) is 19.9. The van der Waals surface area contributed by atoms with Crippen molar-refractivity contribution >= 4 is 15.9 Å². The molecule has 0 bridgehead atoms. The highest BCUT2D eigenvalue weighted by atomic mass is 32.2. The lowest BCUT2D eigenvalue weighted by Crippen LogP contribution is -2.55. The largest absolute Gasteiger partial charge is 0.469 e. The molecule has 0 spiro atoms. The molecule has 1 N–H and O–H groups in total. The first kappa shape index (κ1) is 31.6. The Morgan fingerprint density at radius 2 is 1.79 bits per heavy atom. The maximum Gasteiger partial charge on any atom is 0.255 e. The van der Waals surface area contributed by atoms with Crippen molar-refractivity contribution in [3.05, 3.63) is 88.9 Å². The first-order valence-electron chi connectivity index (χ1n) is 14.4. The molecule has 0 aliphatic carbocycles. The molecule has 1 aromatic heterocycles. The highest BCUT2D eigenvalue weighted by Gasteiger charge is 2.49. The lowest BCUT2D eigenvalue weighted by atomic mass is 9.87. The number of unbranched alkanes of at least 4 members (excludes halogenated alkanes) is 1. The molecule has 3 aromatic rings. The van der Waals surface area contributed by atoms with Gasteiger partial charge in [0.05, 0.1) is 16.5 Å². The summed E-state index contributed by atoms with van der Waals surface area (Å²) in [7, 11) is -4.07. The Kier molecular flexibility index (Phi) is 9.70. The van der Waals surface area contributed by atoms with E-state index in [1.165, 1.54) is 21.5 Å². The van der Waals surface area contributed by atoms with E-state index in [1.54, 1.807) is 69.3 Å². The molecule has 8 nitrogen and oxygen atoms in total. The summed E-state index contributed by atoms with van der Waals surface area (Å²) in [5.74, 6) is -0.649. The molecule has 0 saturated carbocycles. The summed E-state index contributed by atoms with van der Waals surface area (Å²) in [6, 6.07) is 13.5. The van der Waals surface area contributed by atoms with E-state index in [0.717, 1.165) is 18.4 Å². The van der Waals surface area contributed by atoms with Gasteiger partial charge >= 0.3 is 0 Å². The topological polar surface area (TPSA) is 100 Å². The number of aliphatic hydroxyl groups excluding tert-OH is 1. The van der Waals surface area contributed by atoms with Gasteiger partial charge in [0, 0.05) is 37.0 Å². The van der Waals surface area contributed by atoms with Crippen LogP contribution in [0.4, 0.5) is 4.39 Å². The normalized spacial score (nSPS) is 17.9. The molecule has 2 aromatic carbocycles. The predicted molar refractivity (Wildman–Crippen MR) is 159 cm³/mol. The van der Waals surface area contributed by atoms with Gasteiger partial charge in [0.2, 0.25) is 15.9 Å². The quantitative estimate of drug-likeness (QED) is 0.313. The summed E-state index contributed by atoms with van der Waals surface area (Å²) in [6.07, 6.45) is 2.18. The highest BCUT2D eigenvalue weighted by Crippen LogP contribution is 2.44. The van der Waals surface area contributed by atoms with Crippen LogP contribution < -0.4 is 4.74 Å². The van der Waals surface area contributed by atoms with Crippen molar-refractivity contribution in [3.8, 4) is 5.88 Å². The molecule has 2 heterocycles. The number of fused-ring (bicyclic) bond motifs is 1. The van der Waals surface area contributed by atoms with Gasteiger partial charge in [-0.3, -0.25) is 4.79 Å². The van der Waals surface area contributed by atoms with Crippen molar-refractivity contribution in [2.45, 2.75) is 83.1 Å². The number of benzene rings is 2. The smallest absolute Gasteiger partial charge is 0.255 e. The van der Waals surface area contributed by atoms with Crippen LogP contribution in [0.2, 0.25) is 0 Å². The second kappa shape index (κ2) is 12.9. The number of hydrogen-bond donors (Lipinski definition) is 1. The summed E-state index contributed by atoms with van der Waals surface area (Å²) < 4.78 is 50.0. The number of nitrogens with zero attached hydrogens (tertiary/aromatic N) is 3. The van der Waals surface area contributed by atoms with Gasteiger partial charge in [-0.25, -0.2) is 17.8 Å². The van der Waals surface area contributed by atoms with Gasteiger partial charge < -0.3 is 14.7 Å². The number of aliphatic hydroxyl groups is 1. The molecule has 0 fully saturated rings. The summed E-state index contributed by atoms with van der Waals surface area (Å²) in [6.45, 7) is 9.64. The van der Waals surface area contributed by atoms with Crippen molar-refractivity contribution < 1.29 is 27.4 Å². The summed E-state index contributed by atoms with van der Waals surface area (Å²) in [5.41, 5.74) is 0.715. The van der Waals surface area contributed by atoms with Gasteiger partial charge in [-0.15, -0.1) is 0 Å². The number of amides is 1. The Bertz CT molecular complexity index is 1510. The number of aryl methyl sites for hydroxylation is 1. The molecule has 4 rings (SSSR count). The van der Waals surface area contributed by atoms with Crippen LogP contribution in [0.15, 0.2) is 65.7 Å². The van der Waals surface area contributed by atoms with Crippen LogP contribution in [-0.4, -0.2) is 58.4 Å². The maximum atomic E-state index is 14.4. The SMILES string of the molecule is CCCCN([C@@H]1c2cc(C(=O)N(CC)Cc3ccccc3F)cnc2OC(C)(C)[C@H]1O)S(=O)(=O)c1ccc(CC)cc1. The van der Waals surface area contributed by atoms with E-state index in [9.17, 15) is 22.7 Å². The van der Waals surface area contributed by atoms with Gasteiger partial charge in [-0.05, 0) is 63.4 Å². The fraction of sp³-hybridized carbons (Fsp3) is 0.438. The lowest BCUT2D eigenvalue weighted by molar-refractivity contribution is -0.0819. The van der Waals surface area contributed by atoms with Crippen molar-refractivity contribution in [2.24, 2.45) is 0 Å². The fourth-order valence-electron chi connectivity index (χ4n) is 5.15. The van der Waals surface area contributed by atoms with Crippen molar-refractivity contribution in [2.75, 3.05) is 13.1 Å². The molecule has 226 valence electrons. The van der Waals surface area contributed by atoms with Crippen LogP contribution in [0.5, 0.6) is 5.88 Å². The Balaban J connectivity index is 1.79. The number of hydrogen-bond acceptors (Lipinski definition) is 6. The van der Waals surface area contributed by atoms with Gasteiger partial charge in [0.25, 0.3) is 5.91 Å². The number of aromatic nitrogens is 1. The van der Waals surface area contributed by atoms with Crippen LogP contribution in [-0.2, 0) is 23.0 Å². The monoisotopic (exact) mass is 597 g/mol. The van der Waals surface area contributed by atoms with Gasteiger partial charge in [-0.1, -0.05) is 50.6 Å². The Hall–Kier alpha value is -3.34.